The molecular weight excluding hydrogens is 194 g/mol. The quantitative estimate of drug-likeness (QED) is 0.672. The molecule has 0 aliphatic rings. The summed E-state index contributed by atoms with van der Waals surface area (Å²) < 4.78 is 0. The third kappa shape index (κ3) is 4.17. The van der Waals surface area contributed by atoms with Gasteiger partial charge < -0.3 is 10.6 Å². The molecule has 0 bridgehead atoms. The van der Waals surface area contributed by atoms with E-state index in [2.05, 4.69) is 22.5 Å². The van der Waals surface area contributed by atoms with Gasteiger partial charge in [0.2, 0.25) is 0 Å². The second-order valence-electron chi connectivity index (χ2n) is 3.21. The van der Waals surface area contributed by atoms with Gasteiger partial charge in [-0.2, -0.15) is 0 Å². The molecule has 1 rings (SSSR count). The standard InChI is InChI=1S/C10H19N3S/c1-3-9-7-13-10(14-9)8-12-6-4-5-11-2/h7,11-12H,3-6,8H2,1-2H3. The highest BCUT2D eigenvalue weighted by Crippen LogP contribution is 2.12. The van der Waals surface area contributed by atoms with Crippen molar-refractivity contribution in [2.24, 2.45) is 0 Å². The van der Waals surface area contributed by atoms with Crippen LogP contribution in [0.1, 0.15) is 23.2 Å². The van der Waals surface area contributed by atoms with Crippen molar-refractivity contribution in [2.75, 3.05) is 20.1 Å². The van der Waals surface area contributed by atoms with Crippen LogP contribution in [0.2, 0.25) is 0 Å². The highest BCUT2D eigenvalue weighted by molar-refractivity contribution is 7.11. The number of thiazole rings is 1. The molecule has 0 aliphatic carbocycles. The van der Waals surface area contributed by atoms with Gasteiger partial charge in [-0.05, 0) is 33.0 Å². The van der Waals surface area contributed by atoms with E-state index in [1.54, 1.807) is 0 Å². The molecule has 2 N–H and O–H groups in total. The fraction of sp³-hybridized carbons (Fsp3) is 0.700. The fourth-order valence-electron chi connectivity index (χ4n) is 1.18. The molecule has 0 radical (unpaired) electrons. The number of rotatable bonds is 7. The molecule has 0 fully saturated rings. The van der Waals surface area contributed by atoms with Gasteiger partial charge in [-0.25, -0.2) is 4.98 Å². The Kier molecular flexibility index (Phi) is 5.75. The minimum Gasteiger partial charge on any atom is -0.320 e. The van der Waals surface area contributed by atoms with Gasteiger partial charge >= 0.3 is 0 Å². The largest absolute Gasteiger partial charge is 0.320 e. The average molecular weight is 213 g/mol. The maximum atomic E-state index is 4.35. The second kappa shape index (κ2) is 6.92. The minimum atomic E-state index is 0.911. The summed E-state index contributed by atoms with van der Waals surface area (Å²) in [6, 6.07) is 0. The third-order valence-corrected chi connectivity index (χ3v) is 3.15. The molecule has 0 saturated heterocycles. The Morgan fingerprint density at radius 1 is 1.43 bits per heavy atom. The lowest BCUT2D eigenvalue weighted by Gasteiger charge is -2.01. The van der Waals surface area contributed by atoms with Crippen LogP contribution in [-0.4, -0.2) is 25.1 Å². The van der Waals surface area contributed by atoms with Gasteiger partial charge in [-0.15, -0.1) is 11.3 Å². The van der Waals surface area contributed by atoms with Gasteiger partial charge in [-0.1, -0.05) is 6.92 Å². The van der Waals surface area contributed by atoms with Crippen LogP contribution in [0.5, 0.6) is 0 Å². The molecule has 4 heteroatoms. The highest BCUT2D eigenvalue weighted by atomic mass is 32.1. The lowest BCUT2D eigenvalue weighted by Crippen LogP contribution is -2.19. The van der Waals surface area contributed by atoms with Crippen molar-refractivity contribution < 1.29 is 0 Å². The zero-order chi connectivity index (χ0) is 10.2. The molecular formula is C10H19N3S. The van der Waals surface area contributed by atoms with Crippen LogP contribution in [0.3, 0.4) is 0 Å². The van der Waals surface area contributed by atoms with Gasteiger partial charge in [0.05, 0.1) is 0 Å². The molecule has 3 nitrogen and oxygen atoms in total. The van der Waals surface area contributed by atoms with Crippen molar-refractivity contribution in [1.29, 1.82) is 0 Å². The molecule has 1 aromatic rings. The first-order valence-electron chi connectivity index (χ1n) is 5.15. The molecule has 14 heavy (non-hydrogen) atoms. The van der Waals surface area contributed by atoms with E-state index >= 15 is 0 Å². The van der Waals surface area contributed by atoms with Crippen molar-refractivity contribution in [3.8, 4) is 0 Å². The molecule has 1 heterocycles. The highest BCUT2D eigenvalue weighted by Gasteiger charge is 1.98. The summed E-state index contributed by atoms with van der Waals surface area (Å²) in [5, 5.41) is 7.71. The van der Waals surface area contributed by atoms with Gasteiger partial charge in [0.25, 0.3) is 0 Å². The molecule has 80 valence electrons. The van der Waals surface area contributed by atoms with E-state index < -0.39 is 0 Å². The Hall–Kier alpha value is -0.450. The van der Waals surface area contributed by atoms with E-state index in [0.29, 0.717) is 0 Å². The fourth-order valence-corrected chi connectivity index (χ4v) is 2.01. The SMILES string of the molecule is CCc1cnc(CNCCCNC)s1. The molecule has 0 unspecified atom stereocenters. The number of nitrogens with one attached hydrogen (secondary N) is 2. The van der Waals surface area contributed by atoms with Crippen molar-refractivity contribution in [3.05, 3.63) is 16.1 Å². The topological polar surface area (TPSA) is 37.0 Å². The molecule has 0 amide bonds. The molecule has 0 spiro atoms. The summed E-state index contributed by atoms with van der Waals surface area (Å²) in [5.41, 5.74) is 0. The summed E-state index contributed by atoms with van der Waals surface area (Å²) in [6.45, 7) is 5.21. The number of nitrogens with zero attached hydrogens (tertiary/aromatic N) is 1. The monoisotopic (exact) mass is 213 g/mol. The maximum Gasteiger partial charge on any atom is 0.107 e. The summed E-state index contributed by atoms with van der Waals surface area (Å²) in [7, 11) is 1.98. The lowest BCUT2D eigenvalue weighted by molar-refractivity contribution is 0.624. The molecule has 0 aliphatic heterocycles. The van der Waals surface area contributed by atoms with Crippen LogP contribution in [0.25, 0.3) is 0 Å². The Labute approximate surface area is 89.9 Å². The number of hydrogen-bond acceptors (Lipinski definition) is 4. The Balaban J connectivity index is 2.12. The Bertz CT molecular complexity index is 247. The van der Waals surface area contributed by atoms with E-state index in [4.69, 9.17) is 0 Å². The molecule has 0 saturated carbocycles. The van der Waals surface area contributed by atoms with Crippen LogP contribution in [0, 0.1) is 0 Å². The van der Waals surface area contributed by atoms with Gasteiger partial charge in [-0.3, -0.25) is 0 Å². The van der Waals surface area contributed by atoms with Crippen LogP contribution >= 0.6 is 11.3 Å². The first-order valence-corrected chi connectivity index (χ1v) is 5.97. The van der Waals surface area contributed by atoms with E-state index in [1.165, 1.54) is 16.3 Å². The number of hydrogen-bond donors (Lipinski definition) is 2. The predicted octanol–water partition coefficient (Wildman–Crippen LogP) is 1.40. The Morgan fingerprint density at radius 3 is 2.93 bits per heavy atom. The second-order valence-corrected chi connectivity index (χ2v) is 4.41. The van der Waals surface area contributed by atoms with Gasteiger partial charge in [0.1, 0.15) is 5.01 Å². The lowest BCUT2D eigenvalue weighted by atomic mass is 10.4. The predicted molar refractivity (Wildman–Crippen MR) is 61.7 cm³/mol. The summed E-state index contributed by atoms with van der Waals surface area (Å²) >= 11 is 1.81. The van der Waals surface area contributed by atoms with Crippen molar-refractivity contribution in [2.45, 2.75) is 26.3 Å². The molecule has 0 atom stereocenters. The third-order valence-electron chi connectivity index (χ3n) is 2.01. The van der Waals surface area contributed by atoms with Crippen LogP contribution in [0.15, 0.2) is 6.20 Å². The van der Waals surface area contributed by atoms with E-state index in [-0.39, 0.29) is 0 Å². The van der Waals surface area contributed by atoms with Crippen molar-refractivity contribution in [3.63, 3.8) is 0 Å². The smallest absolute Gasteiger partial charge is 0.107 e. The van der Waals surface area contributed by atoms with Gasteiger partial charge in [0, 0.05) is 17.6 Å². The van der Waals surface area contributed by atoms with E-state index in [9.17, 15) is 0 Å². The summed E-state index contributed by atoms with van der Waals surface area (Å²) in [4.78, 5) is 5.72. The van der Waals surface area contributed by atoms with Crippen LogP contribution in [0.4, 0.5) is 0 Å². The normalized spacial score (nSPS) is 10.7. The maximum absolute atomic E-state index is 4.35. The zero-order valence-electron chi connectivity index (χ0n) is 8.97. The minimum absolute atomic E-state index is 0.911. The first-order chi connectivity index (χ1) is 6.86. The van der Waals surface area contributed by atoms with Crippen molar-refractivity contribution in [1.82, 2.24) is 15.6 Å². The van der Waals surface area contributed by atoms with Crippen LogP contribution in [-0.2, 0) is 13.0 Å². The molecule has 0 aromatic carbocycles. The Morgan fingerprint density at radius 2 is 2.29 bits per heavy atom. The van der Waals surface area contributed by atoms with Crippen LogP contribution < -0.4 is 10.6 Å². The molecule has 1 aromatic heterocycles. The van der Waals surface area contributed by atoms with Crippen molar-refractivity contribution >= 4 is 11.3 Å². The van der Waals surface area contributed by atoms with E-state index in [1.807, 2.05) is 24.6 Å². The van der Waals surface area contributed by atoms with Gasteiger partial charge in [0.15, 0.2) is 0 Å². The number of aromatic nitrogens is 1. The average Bonchev–Trinajstić information content (AvgIpc) is 2.65. The summed E-state index contributed by atoms with van der Waals surface area (Å²) in [6.07, 6.45) is 4.25. The summed E-state index contributed by atoms with van der Waals surface area (Å²) in [5.74, 6) is 0. The number of aryl methyl sites for hydroxylation is 1. The zero-order valence-corrected chi connectivity index (χ0v) is 9.78. The van der Waals surface area contributed by atoms with E-state index in [0.717, 1.165) is 26.1 Å². The first kappa shape index (κ1) is 11.6.